The molecule has 21 heavy (non-hydrogen) atoms. The van der Waals surface area contributed by atoms with Gasteiger partial charge in [-0.1, -0.05) is 18.6 Å². The lowest BCUT2D eigenvalue weighted by Crippen LogP contribution is -2.40. The Balaban J connectivity index is 1.86. The van der Waals surface area contributed by atoms with Gasteiger partial charge in [0.05, 0.1) is 11.3 Å². The van der Waals surface area contributed by atoms with E-state index < -0.39 is 10.0 Å². The second-order valence-electron chi connectivity index (χ2n) is 5.01. The lowest BCUT2D eigenvalue weighted by Gasteiger charge is -2.25. The number of halogens is 1. The summed E-state index contributed by atoms with van der Waals surface area (Å²) in [6.45, 7) is 1.32. The first kappa shape index (κ1) is 16.5. The smallest absolute Gasteiger partial charge is 0.252 e. The molecule has 1 aromatic carbocycles. The zero-order valence-corrected chi connectivity index (χ0v) is 14.1. The fourth-order valence-electron chi connectivity index (χ4n) is 2.31. The van der Waals surface area contributed by atoms with E-state index in [1.165, 1.54) is 4.31 Å². The summed E-state index contributed by atoms with van der Waals surface area (Å²) in [5, 5.41) is 2.66. The van der Waals surface area contributed by atoms with Crippen molar-refractivity contribution in [3.63, 3.8) is 0 Å². The number of amides is 1. The Kier molecular flexibility index (Phi) is 5.78. The number of benzene rings is 1. The van der Waals surface area contributed by atoms with Crippen LogP contribution >= 0.6 is 15.9 Å². The Hall–Kier alpha value is -0.920. The molecule has 1 amide bonds. The number of nitrogens with zero attached hydrogens (tertiary/aromatic N) is 1. The van der Waals surface area contributed by atoms with Gasteiger partial charge in [0.1, 0.15) is 0 Å². The average Bonchev–Trinajstić information content (AvgIpc) is 2.48. The highest BCUT2D eigenvalue weighted by Crippen LogP contribution is 2.16. The van der Waals surface area contributed by atoms with E-state index in [-0.39, 0.29) is 18.2 Å². The van der Waals surface area contributed by atoms with Crippen molar-refractivity contribution in [1.29, 1.82) is 0 Å². The molecule has 0 unspecified atom stereocenters. The van der Waals surface area contributed by atoms with Crippen LogP contribution in [-0.4, -0.2) is 44.0 Å². The van der Waals surface area contributed by atoms with Crippen molar-refractivity contribution in [2.24, 2.45) is 0 Å². The molecule has 1 aliphatic heterocycles. The summed E-state index contributed by atoms with van der Waals surface area (Å²) in [4.78, 5) is 12.0. The Morgan fingerprint density at radius 2 is 1.86 bits per heavy atom. The van der Waals surface area contributed by atoms with Gasteiger partial charge in [-0.05, 0) is 40.9 Å². The zero-order valence-electron chi connectivity index (χ0n) is 11.7. The zero-order chi connectivity index (χ0) is 15.3. The van der Waals surface area contributed by atoms with Gasteiger partial charge in [0.15, 0.2) is 0 Å². The van der Waals surface area contributed by atoms with Crippen molar-refractivity contribution in [1.82, 2.24) is 9.62 Å². The minimum absolute atomic E-state index is 0.0524. The van der Waals surface area contributed by atoms with Crippen LogP contribution in [-0.2, 0) is 10.0 Å². The van der Waals surface area contributed by atoms with Gasteiger partial charge in [-0.3, -0.25) is 4.79 Å². The number of carbonyl (C=O) groups excluding carboxylic acids is 1. The molecule has 0 atom stereocenters. The molecule has 5 nitrogen and oxygen atoms in total. The van der Waals surface area contributed by atoms with Crippen LogP contribution in [0.5, 0.6) is 0 Å². The number of hydrogen-bond acceptors (Lipinski definition) is 3. The topological polar surface area (TPSA) is 66.5 Å². The minimum atomic E-state index is -3.26. The predicted molar refractivity (Wildman–Crippen MR) is 85.7 cm³/mol. The Labute approximate surface area is 133 Å². The van der Waals surface area contributed by atoms with E-state index in [0.717, 1.165) is 19.3 Å². The van der Waals surface area contributed by atoms with Crippen molar-refractivity contribution in [2.45, 2.75) is 19.3 Å². The number of sulfonamides is 1. The predicted octanol–water partition coefficient (Wildman–Crippen LogP) is 1.99. The Morgan fingerprint density at radius 1 is 1.19 bits per heavy atom. The first-order valence-corrected chi connectivity index (χ1v) is 9.41. The van der Waals surface area contributed by atoms with Crippen molar-refractivity contribution < 1.29 is 13.2 Å². The lowest BCUT2D eigenvalue weighted by atomic mass is 10.2. The van der Waals surface area contributed by atoms with Gasteiger partial charge in [-0.25, -0.2) is 12.7 Å². The molecule has 0 aromatic heterocycles. The molecule has 116 valence electrons. The van der Waals surface area contributed by atoms with Crippen LogP contribution in [0, 0.1) is 0 Å². The van der Waals surface area contributed by atoms with E-state index in [9.17, 15) is 13.2 Å². The maximum atomic E-state index is 12.1. The molecule has 0 aliphatic carbocycles. The number of rotatable bonds is 5. The molecule has 1 fully saturated rings. The molecule has 1 heterocycles. The summed E-state index contributed by atoms with van der Waals surface area (Å²) in [6, 6.07) is 7.06. The Morgan fingerprint density at radius 3 is 2.52 bits per heavy atom. The number of carbonyl (C=O) groups is 1. The summed E-state index contributed by atoms with van der Waals surface area (Å²) in [7, 11) is -3.26. The molecule has 1 aromatic rings. The standard InChI is InChI=1S/C14H19BrN2O3S/c15-13-7-3-2-6-12(13)14(18)16-8-11-21(19,20)17-9-4-1-5-10-17/h2-3,6-7H,1,4-5,8-11H2,(H,16,18). The molecule has 0 saturated carbocycles. The van der Waals surface area contributed by atoms with Gasteiger partial charge >= 0.3 is 0 Å². The van der Waals surface area contributed by atoms with E-state index >= 15 is 0 Å². The van der Waals surface area contributed by atoms with Crippen LogP contribution < -0.4 is 5.32 Å². The highest BCUT2D eigenvalue weighted by Gasteiger charge is 2.23. The van der Waals surface area contributed by atoms with Gasteiger partial charge in [0.25, 0.3) is 5.91 Å². The minimum Gasteiger partial charge on any atom is -0.351 e. The summed E-state index contributed by atoms with van der Waals surface area (Å²) < 4.78 is 26.5. The molecule has 1 saturated heterocycles. The molecule has 1 aliphatic rings. The van der Waals surface area contributed by atoms with Crippen LogP contribution in [0.25, 0.3) is 0 Å². The average molecular weight is 375 g/mol. The molecular formula is C14H19BrN2O3S. The third-order valence-corrected chi connectivity index (χ3v) is 6.04. The molecule has 1 N–H and O–H groups in total. The molecule has 0 bridgehead atoms. The molecule has 2 rings (SSSR count). The number of piperidine rings is 1. The third-order valence-electron chi connectivity index (χ3n) is 3.47. The van der Waals surface area contributed by atoms with Crippen LogP contribution in [0.3, 0.4) is 0 Å². The normalized spacial score (nSPS) is 16.6. The first-order valence-electron chi connectivity index (χ1n) is 7.01. The summed E-state index contributed by atoms with van der Waals surface area (Å²) >= 11 is 3.30. The molecule has 7 heteroatoms. The van der Waals surface area contributed by atoms with Crippen LogP contribution in [0.15, 0.2) is 28.7 Å². The maximum Gasteiger partial charge on any atom is 0.252 e. The van der Waals surface area contributed by atoms with Crippen molar-refractivity contribution >= 4 is 31.9 Å². The monoisotopic (exact) mass is 374 g/mol. The highest BCUT2D eigenvalue weighted by molar-refractivity contribution is 9.10. The molecule has 0 spiro atoms. The Bertz CT molecular complexity index is 598. The number of hydrogen-bond donors (Lipinski definition) is 1. The first-order chi connectivity index (χ1) is 10.0. The fourth-order valence-corrected chi connectivity index (χ4v) is 4.20. The number of nitrogens with one attached hydrogen (secondary N) is 1. The summed E-state index contributed by atoms with van der Waals surface area (Å²) in [6.07, 6.45) is 2.93. The van der Waals surface area contributed by atoms with Crippen molar-refractivity contribution in [2.75, 3.05) is 25.4 Å². The van der Waals surface area contributed by atoms with E-state index in [4.69, 9.17) is 0 Å². The summed E-state index contributed by atoms with van der Waals surface area (Å²) in [5.41, 5.74) is 0.507. The quantitative estimate of drug-likeness (QED) is 0.856. The second kappa shape index (κ2) is 7.38. The van der Waals surface area contributed by atoms with Gasteiger partial charge in [-0.15, -0.1) is 0 Å². The van der Waals surface area contributed by atoms with E-state index in [1.54, 1.807) is 18.2 Å². The van der Waals surface area contributed by atoms with Gasteiger partial charge in [0, 0.05) is 24.1 Å². The van der Waals surface area contributed by atoms with Crippen molar-refractivity contribution in [3.05, 3.63) is 34.3 Å². The van der Waals surface area contributed by atoms with E-state index in [2.05, 4.69) is 21.2 Å². The van der Waals surface area contributed by atoms with Crippen molar-refractivity contribution in [3.8, 4) is 0 Å². The van der Waals surface area contributed by atoms with Crippen LogP contribution in [0.2, 0.25) is 0 Å². The lowest BCUT2D eigenvalue weighted by molar-refractivity contribution is 0.0955. The van der Waals surface area contributed by atoms with Gasteiger partial charge in [0.2, 0.25) is 10.0 Å². The fraction of sp³-hybridized carbons (Fsp3) is 0.500. The third kappa shape index (κ3) is 4.52. The van der Waals surface area contributed by atoms with Gasteiger partial charge in [-0.2, -0.15) is 0 Å². The SMILES string of the molecule is O=C(NCCS(=O)(=O)N1CCCCC1)c1ccccc1Br. The maximum absolute atomic E-state index is 12.1. The molecular weight excluding hydrogens is 356 g/mol. The second-order valence-corrected chi connectivity index (χ2v) is 7.95. The summed E-state index contributed by atoms with van der Waals surface area (Å²) in [5.74, 6) is -0.320. The van der Waals surface area contributed by atoms with Crippen LogP contribution in [0.1, 0.15) is 29.6 Å². The van der Waals surface area contributed by atoms with Gasteiger partial charge < -0.3 is 5.32 Å². The molecule has 0 radical (unpaired) electrons. The highest BCUT2D eigenvalue weighted by atomic mass is 79.9. The van der Waals surface area contributed by atoms with E-state index in [0.29, 0.717) is 23.1 Å². The largest absolute Gasteiger partial charge is 0.351 e. The van der Waals surface area contributed by atoms with E-state index in [1.807, 2.05) is 6.07 Å². The van der Waals surface area contributed by atoms with Crippen LogP contribution in [0.4, 0.5) is 0 Å².